The molecule has 3 aromatic rings. The number of furan rings is 1. The van der Waals surface area contributed by atoms with E-state index in [1.165, 1.54) is 11.3 Å². The zero-order chi connectivity index (χ0) is 21.8. The van der Waals surface area contributed by atoms with Crippen molar-refractivity contribution in [1.82, 2.24) is 19.9 Å². The van der Waals surface area contributed by atoms with Gasteiger partial charge in [0, 0.05) is 36.5 Å². The number of piperidine rings is 1. The predicted molar refractivity (Wildman–Crippen MR) is 117 cm³/mol. The highest BCUT2D eigenvalue weighted by Gasteiger charge is 2.23. The molecular weight excluding hydrogens is 416 g/mol. The molecule has 4 heterocycles. The van der Waals surface area contributed by atoms with Crippen LogP contribution in [-0.4, -0.2) is 51.3 Å². The number of hydrogen-bond acceptors (Lipinski definition) is 8. The van der Waals surface area contributed by atoms with Crippen LogP contribution in [0.2, 0.25) is 0 Å². The van der Waals surface area contributed by atoms with Gasteiger partial charge in [0.1, 0.15) is 22.3 Å². The molecule has 4 rings (SSSR count). The summed E-state index contributed by atoms with van der Waals surface area (Å²) in [4.78, 5) is 39.4. The largest absolute Gasteiger partial charge is 0.458 e. The van der Waals surface area contributed by atoms with E-state index in [0.29, 0.717) is 36.1 Å². The fourth-order valence-corrected chi connectivity index (χ4v) is 4.14. The zero-order valence-corrected chi connectivity index (χ0v) is 18.0. The lowest BCUT2D eigenvalue weighted by atomic mass is 9.96. The third-order valence-corrected chi connectivity index (χ3v) is 6.05. The molecule has 1 fully saturated rings. The summed E-state index contributed by atoms with van der Waals surface area (Å²) in [6, 6.07) is 5.36. The number of aromatic nitrogens is 3. The number of nitrogens with two attached hydrogens (primary N) is 1. The third kappa shape index (κ3) is 5.33. The first-order valence-electron chi connectivity index (χ1n) is 10.2. The van der Waals surface area contributed by atoms with E-state index in [0.717, 1.165) is 36.7 Å². The van der Waals surface area contributed by atoms with Crippen molar-refractivity contribution in [3.05, 3.63) is 35.5 Å². The highest BCUT2D eigenvalue weighted by molar-refractivity contribution is 7.13. The molecule has 1 aliphatic heterocycles. The first-order valence-corrected chi connectivity index (χ1v) is 11.0. The van der Waals surface area contributed by atoms with Gasteiger partial charge < -0.3 is 20.4 Å². The molecule has 1 saturated heterocycles. The average Bonchev–Trinajstić information content (AvgIpc) is 3.44. The van der Waals surface area contributed by atoms with Crippen LogP contribution in [0.25, 0.3) is 22.3 Å². The molecule has 0 atom stereocenters. The Kier molecular flexibility index (Phi) is 6.38. The standard InChI is InChI=1S/C21H24N6O3S/c1-13-2-3-16(30-13)20-24-15(21-23-7-11-31-21)12-17(26-20)25-18(28)6-10-27-8-4-14(5-9-27)19(22)29/h2-3,7,11-12,14H,4-6,8-10H2,1H3,(H2,22,29)(H,24,25,26,28). The van der Waals surface area contributed by atoms with Gasteiger partial charge in [-0.05, 0) is 45.0 Å². The van der Waals surface area contributed by atoms with Crippen LogP contribution in [0.3, 0.4) is 0 Å². The number of nitrogens with zero attached hydrogens (tertiary/aromatic N) is 4. The van der Waals surface area contributed by atoms with E-state index < -0.39 is 0 Å². The fourth-order valence-electron chi connectivity index (χ4n) is 3.54. The lowest BCUT2D eigenvalue weighted by molar-refractivity contribution is -0.123. The number of aryl methyl sites for hydroxylation is 1. The van der Waals surface area contributed by atoms with Gasteiger partial charge in [-0.3, -0.25) is 9.59 Å². The number of carbonyl (C=O) groups excluding carboxylic acids is 2. The smallest absolute Gasteiger partial charge is 0.226 e. The Morgan fingerprint density at radius 3 is 2.74 bits per heavy atom. The maximum atomic E-state index is 12.6. The van der Waals surface area contributed by atoms with Gasteiger partial charge in [-0.25, -0.2) is 15.0 Å². The quantitative estimate of drug-likeness (QED) is 0.578. The fraction of sp³-hybridized carbons (Fsp3) is 0.381. The summed E-state index contributed by atoms with van der Waals surface area (Å²) in [6.45, 7) is 4.00. The molecule has 0 spiro atoms. The van der Waals surface area contributed by atoms with Crippen LogP contribution in [0.1, 0.15) is 25.0 Å². The summed E-state index contributed by atoms with van der Waals surface area (Å²) in [5.74, 6) is 1.65. The lowest BCUT2D eigenvalue weighted by Crippen LogP contribution is -2.39. The van der Waals surface area contributed by atoms with Gasteiger partial charge in [0.15, 0.2) is 11.6 Å². The second-order valence-corrected chi connectivity index (χ2v) is 8.42. The second-order valence-electron chi connectivity index (χ2n) is 7.53. The molecule has 0 radical (unpaired) electrons. The molecule has 162 valence electrons. The summed E-state index contributed by atoms with van der Waals surface area (Å²) in [6.07, 6.45) is 3.52. The Balaban J connectivity index is 1.43. The molecule has 3 aromatic heterocycles. The molecule has 0 saturated carbocycles. The minimum atomic E-state index is -0.236. The van der Waals surface area contributed by atoms with Crippen molar-refractivity contribution in [2.45, 2.75) is 26.2 Å². The van der Waals surface area contributed by atoms with Gasteiger partial charge >= 0.3 is 0 Å². The maximum absolute atomic E-state index is 12.6. The van der Waals surface area contributed by atoms with Crippen molar-refractivity contribution < 1.29 is 14.0 Å². The van der Waals surface area contributed by atoms with E-state index in [4.69, 9.17) is 10.2 Å². The number of thiazole rings is 1. The molecule has 9 nitrogen and oxygen atoms in total. The number of anilines is 1. The SMILES string of the molecule is Cc1ccc(-c2nc(NC(=O)CCN3CCC(C(N)=O)CC3)cc(-c3nccs3)n2)o1. The normalized spacial score (nSPS) is 15.1. The average molecular weight is 441 g/mol. The number of hydrogen-bond donors (Lipinski definition) is 2. The highest BCUT2D eigenvalue weighted by atomic mass is 32.1. The van der Waals surface area contributed by atoms with Crippen LogP contribution in [0.5, 0.6) is 0 Å². The molecule has 10 heteroatoms. The minimum absolute atomic E-state index is 0.0564. The topological polar surface area (TPSA) is 127 Å². The van der Waals surface area contributed by atoms with E-state index in [-0.39, 0.29) is 17.7 Å². The molecule has 0 unspecified atom stereocenters. The van der Waals surface area contributed by atoms with Crippen molar-refractivity contribution >= 4 is 29.0 Å². The number of rotatable bonds is 7. The predicted octanol–water partition coefficient (Wildman–Crippen LogP) is 2.69. The Labute approximate surface area is 183 Å². The molecule has 0 bridgehead atoms. The number of nitrogens with one attached hydrogen (secondary N) is 1. The molecule has 3 N–H and O–H groups in total. The van der Waals surface area contributed by atoms with E-state index in [1.807, 2.05) is 18.4 Å². The summed E-state index contributed by atoms with van der Waals surface area (Å²) >= 11 is 1.46. The Hall–Kier alpha value is -3.11. The highest BCUT2D eigenvalue weighted by Crippen LogP contribution is 2.27. The molecule has 0 aliphatic carbocycles. The number of likely N-dealkylation sites (tertiary alicyclic amines) is 1. The molecular formula is C21H24N6O3S. The molecule has 2 amide bonds. The first kappa shape index (κ1) is 21.1. The zero-order valence-electron chi connectivity index (χ0n) is 17.2. The Bertz CT molecular complexity index is 1060. The van der Waals surface area contributed by atoms with Crippen LogP contribution >= 0.6 is 11.3 Å². The van der Waals surface area contributed by atoms with Gasteiger partial charge in [-0.1, -0.05) is 0 Å². The van der Waals surface area contributed by atoms with Crippen molar-refractivity contribution in [2.75, 3.05) is 25.0 Å². The van der Waals surface area contributed by atoms with E-state index in [9.17, 15) is 9.59 Å². The van der Waals surface area contributed by atoms with Gasteiger partial charge in [0.2, 0.25) is 11.8 Å². The molecule has 1 aliphatic rings. The summed E-state index contributed by atoms with van der Waals surface area (Å²) in [5.41, 5.74) is 6.00. The summed E-state index contributed by atoms with van der Waals surface area (Å²) in [5, 5.41) is 5.48. The second kappa shape index (κ2) is 9.36. The van der Waals surface area contributed by atoms with Crippen molar-refractivity contribution in [3.63, 3.8) is 0 Å². The van der Waals surface area contributed by atoms with Crippen LogP contribution in [0.4, 0.5) is 5.82 Å². The van der Waals surface area contributed by atoms with Crippen molar-refractivity contribution in [3.8, 4) is 22.3 Å². The van der Waals surface area contributed by atoms with Crippen LogP contribution in [0, 0.1) is 12.8 Å². The Morgan fingerprint density at radius 1 is 1.29 bits per heavy atom. The van der Waals surface area contributed by atoms with Crippen LogP contribution < -0.4 is 11.1 Å². The van der Waals surface area contributed by atoms with Gasteiger partial charge in [0.25, 0.3) is 0 Å². The molecule has 31 heavy (non-hydrogen) atoms. The van der Waals surface area contributed by atoms with Gasteiger partial charge in [0.05, 0.1) is 0 Å². The third-order valence-electron chi connectivity index (χ3n) is 5.25. The Morgan fingerprint density at radius 2 is 2.10 bits per heavy atom. The molecule has 0 aromatic carbocycles. The van der Waals surface area contributed by atoms with Gasteiger partial charge in [-0.15, -0.1) is 11.3 Å². The minimum Gasteiger partial charge on any atom is -0.458 e. The summed E-state index contributed by atoms with van der Waals surface area (Å²) in [7, 11) is 0. The lowest BCUT2D eigenvalue weighted by Gasteiger charge is -2.30. The maximum Gasteiger partial charge on any atom is 0.226 e. The van der Waals surface area contributed by atoms with Crippen LogP contribution in [-0.2, 0) is 9.59 Å². The van der Waals surface area contributed by atoms with Crippen LogP contribution in [0.15, 0.2) is 34.2 Å². The van der Waals surface area contributed by atoms with E-state index in [1.54, 1.807) is 18.3 Å². The van der Waals surface area contributed by atoms with Crippen molar-refractivity contribution in [1.29, 1.82) is 0 Å². The number of primary amides is 1. The summed E-state index contributed by atoms with van der Waals surface area (Å²) < 4.78 is 5.66. The van der Waals surface area contributed by atoms with Gasteiger partial charge in [-0.2, -0.15) is 0 Å². The number of amides is 2. The monoisotopic (exact) mass is 440 g/mol. The van der Waals surface area contributed by atoms with E-state index >= 15 is 0 Å². The first-order chi connectivity index (χ1) is 15.0. The van der Waals surface area contributed by atoms with E-state index in [2.05, 4.69) is 25.2 Å². The van der Waals surface area contributed by atoms with Crippen molar-refractivity contribution in [2.24, 2.45) is 11.7 Å². The number of carbonyl (C=O) groups is 2.